The Morgan fingerprint density at radius 3 is 2.12 bits per heavy atom. The van der Waals surface area contributed by atoms with Crippen LogP contribution < -0.4 is 15.5 Å². The Hall–Kier alpha value is -6.03. The molecule has 0 spiro atoms. The summed E-state index contributed by atoms with van der Waals surface area (Å²) in [4.78, 5) is 21.2. The smallest absolute Gasteiger partial charge is 0.315 e. The molecular formula is C30H25FN8O13S4. The van der Waals surface area contributed by atoms with Crippen LogP contribution in [0.3, 0.4) is 0 Å². The number of amides is 1. The molecule has 56 heavy (non-hydrogen) atoms. The van der Waals surface area contributed by atoms with Crippen molar-refractivity contribution in [3.05, 3.63) is 78.7 Å². The number of hydrogen-bond acceptors (Lipinski definition) is 17. The lowest BCUT2D eigenvalue weighted by molar-refractivity contribution is -0.114. The highest BCUT2D eigenvalue weighted by atomic mass is 32.2. The van der Waals surface area contributed by atoms with Crippen LogP contribution in [0.4, 0.5) is 44.7 Å². The van der Waals surface area contributed by atoms with Crippen molar-refractivity contribution in [1.29, 1.82) is 0 Å². The van der Waals surface area contributed by atoms with Gasteiger partial charge in [-0.1, -0.05) is 12.6 Å². The molecule has 4 aromatic carbocycles. The summed E-state index contributed by atoms with van der Waals surface area (Å²) >= 11 is 0. The zero-order valence-electron chi connectivity index (χ0n) is 28.2. The maximum atomic E-state index is 14.7. The number of nitrogens with zero attached hydrogens (tertiary/aromatic N) is 6. The molecule has 0 fully saturated rings. The van der Waals surface area contributed by atoms with Crippen LogP contribution in [0.15, 0.2) is 102 Å². The normalized spacial score (nSPS) is 12.5. The van der Waals surface area contributed by atoms with E-state index in [4.69, 9.17) is 0 Å². The highest BCUT2D eigenvalue weighted by molar-refractivity contribution is 7.94. The fourth-order valence-corrected chi connectivity index (χ4v) is 7.49. The largest absolute Gasteiger partial charge is 0.505 e. The summed E-state index contributed by atoms with van der Waals surface area (Å²) in [7, 11) is -17.9. The Balaban J connectivity index is 1.62. The molecular weight excluding hydrogens is 828 g/mol. The molecule has 6 N–H and O–H groups in total. The van der Waals surface area contributed by atoms with Crippen LogP contribution in [0, 0.1) is 6.08 Å². The number of halogens is 1. The summed E-state index contributed by atoms with van der Waals surface area (Å²) in [5, 5.41) is 23.1. The Morgan fingerprint density at radius 1 is 0.839 bits per heavy atom. The van der Waals surface area contributed by atoms with Gasteiger partial charge in [0.15, 0.2) is 15.6 Å². The van der Waals surface area contributed by atoms with E-state index in [1.807, 2.05) is 0 Å². The van der Waals surface area contributed by atoms with Gasteiger partial charge in [-0.2, -0.15) is 44.6 Å². The molecule has 26 heteroatoms. The summed E-state index contributed by atoms with van der Waals surface area (Å²) in [5.41, 5.74) is -2.26. The van der Waals surface area contributed by atoms with E-state index in [1.54, 1.807) is 0 Å². The quantitative estimate of drug-likeness (QED) is 0.0747. The van der Waals surface area contributed by atoms with Gasteiger partial charge in [0.25, 0.3) is 30.4 Å². The fraction of sp³-hybridized carbons (Fsp3) is 0.0667. The van der Waals surface area contributed by atoms with E-state index in [0.717, 1.165) is 36.6 Å². The van der Waals surface area contributed by atoms with Gasteiger partial charge in [0.05, 0.1) is 15.5 Å². The first-order valence-corrected chi connectivity index (χ1v) is 20.7. The first kappa shape index (κ1) is 41.1. The van der Waals surface area contributed by atoms with E-state index < -0.39 is 106 Å². The van der Waals surface area contributed by atoms with Crippen LogP contribution in [-0.2, 0) is 45.0 Å². The van der Waals surface area contributed by atoms with Crippen LogP contribution in [-0.4, -0.2) is 80.3 Å². The van der Waals surface area contributed by atoms with Crippen LogP contribution in [0.5, 0.6) is 5.75 Å². The summed E-state index contributed by atoms with van der Waals surface area (Å²) in [6.07, 6.45) is -1.32. The van der Waals surface area contributed by atoms with E-state index in [-0.39, 0.29) is 22.2 Å². The second kappa shape index (κ2) is 14.9. The Labute approximate surface area is 316 Å². The molecule has 5 rings (SSSR count). The number of benzene rings is 4. The lowest BCUT2D eigenvalue weighted by Gasteiger charge is -2.18. The minimum atomic E-state index is -5.36. The van der Waals surface area contributed by atoms with Crippen molar-refractivity contribution in [2.45, 2.75) is 26.5 Å². The third-order valence-corrected chi connectivity index (χ3v) is 11.4. The van der Waals surface area contributed by atoms with Gasteiger partial charge in [0, 0.05) is 36.1 Å². The van der Waals surface area contributed by atoms with Crippen molar-refractivity contribution >= 4 is 97.2 Å². The predicted molar refractivity (Wildman–Crippen MR) is 195 cm³/mol. The number of nitrogens with one attached hydrogen (secondary N) is 2. The molecule has 1 amide bonds. The van der Waals surface area contributed by atoms with Gasteiger partial charge in [-0.25, -0.2) is 8.42 Å². The number of carbonyl (C=O) groups excluding carboxylic acids is 1. The van der Waals surface area contributed by atoms with Crippen LogP contribution in [0.25, 0.3) is 10.8 Å². The minimum Gasteiger partial charge on any atom is -0.505 e. The van der Waals surface area contributed by atoms with Crippen molar-refractivity contribution < 1.29 is 61.6 Å². The summed E-state index contributed by atoms with van der Waals surface area (Å²) in [6, 6.07) is 10.2. The maximum absolute atomic E-state index is 14.7. The molecule has 0 saturated carbocycles. The highest BCUT2D eigenvalue weighted by Gasteiger charge is 2.26. The topological polar surface area (TPSA) is 325 Å². The second-order valence-electron chi connectivity index (χ2n) is 11.3. The third-order valence-electron chi connectivity index (χ3n) is 7.41. The lowest BCUT2D eigenvalue weighted by Crippen LogP contribution is -2.16. The van der Waals surface area contributed by atoms with Crippen LogP contribution in [0.2, 0.25) is 0 Å². The monoisotopic (exact) mass is 852 g/mol. The van der Waals surface area contributed by atoms with E-state index >= 15 is 0 Å². The van der Waals surface area contributed by atoms with Gasteiger partial charge in [0.1, 0.15) is 21.2 Å². The molecule has 1 heterocycles. The van der Waals surface area contributed by atoms with Gasteiger partial charge >= 0.3 is 6.08 Å². The number of aromatic nitrogens is 3. The van der Waals surface area contributed by atoms with Crippen molar-refractivity contribution in [2.24, 2.45) is 10.2 Å². The van der Waals surface area contributed by atoms with Gasteiger partial charge in [-0.15, -0.1) is 10.2 Å². The molecule has 5 aromatic rings. The summed E-state index contributed by atoms with van der Waals surface area (Å²) < 4.78 is 142. The molecule has 294 valence electrons. The first-order chi connectivity index (χ1) is 25.9. The molecule has 0 bridgehead atoms. The van der Waals surface area contributed by atoms with E-state index in [0.29, 0.717) is 12.1 Å². The molecule has 0 aliphatic heterocycles. The number of aromatic hydroxyl groups is 1. The number of fused-ring (bicyclic) bond motifs is 1. The van der Waals surface area contributed by atoms with Crippen molar-refractivity contribution in [3.63, 3.8) is 0 Å². The van der Waals surface area contributed by atoms with E-state index in [1.165, 1.54) is 36.2 Å². The average Bonchev–Trinajstić information content (AvgIpc) is 3.08. The standard InChI is InChI=1S/C30H25FN8O13S4/c1-4-53(42,43)19-7-5-6-18(13-19)39(3)30-35-28(31)34-29(36-30)33-17-8-9-23(55(47,48)49)21(12-17)37-38-26-24(56(50,51)52)11-16-10-20(54(44,45)46)14-22(32-15(2)40)25(16)27(26)41/h4-14,41H,1H2,2-3H3,(H,32,40)(H,44,45,46)(H,47,48,49)(H,50,51,52)(H,33,34,35,36). The van der Waals surface area contributed by atoms with Crippen molar-refractivity contribution in [1.82, 2.24) is 15.0 Å². The number of anilines is 5. The Bertz CT molecular complexity index is 2970. The molecule has 0 radical (unpaired) electrons. The van der Waals surface area contributed by atoms with Crippen molar-refractivity contribution in [2.75, 3.05) is 22.6 Å². The molecule has 0 unspecified atom stereocenters. The van der Waals surface area contributed by atoms with Crippen LogP contribution >= 0.6 is 0 Å². The van der Waals surface area contributed by atoms with Gasteiger partial charge in [-0.3, -0.25) is 18.5 Å². The Morgan fingerprint density at radius 2 is 1.52 bits per heavy atom. The third kappa shape index (κ3) is 8.91. The number of rotatable bonds is 12. The van der Waals surface area contributed by atoms with Gasteiger partial charge < -0.3 is 20.6 Å². The number of hydrogen-bond donors (Lipinski definition) is 6. The number of sulfone groups is 1. The number of phenolic OH excluding ortho intramolecular Hbond substituents is 1. The van der Waals surface area contributed by atoms with Crippen molar-refractivity contribution in [3.8, 4) is 5.75 Å². The van der Waals surface area contributed by atoms with E-state index in [9.17, 15) is 61.6 Å². The maximum Gasteiger partial charge on any atom is 0.315 e. The summed E-state index contributed by atoms with van der Waals surface area (Å²) in [5.74, 6) is -2.79. The lowest BCUT2D eigenvalue weighted by atomic mass is 10.1. The fourth-order valence-electron chi connectivity index (χ4n) is 4.94. The van der Waals surface area contributed by atoms with Crippen LogP contribution in [0.1, 0.15) is 6.92 Å². The average molecular weight is 853 g/mol. The Kier molecular flexibility index (Phi) is 10.9. The number of phenols is 1. The SMILES string of the molecule is C=CS(=O)(=O)c1cccc(N(C)c2nc(F)nc(Nc3ccc(S(=O)(=O)O)c(N=Nc4c(S(=O)(=O)O)cc5cc(S(=O)(=O)O)cc(NC(C)=O)c5c4O)c3)n2)c1. The second-order valence-corrected chi connectivity index (χ2v) is 17.3. The number of carbonyl (C=O) groups is 1. The summed E-state index contributed by atoms with van der Waals surface area (Å²) in [6.45, 7) is 4.27. The molecule has 0 aliphatic rings. The molecule has 0 atom stereocenters. The van der Waals surface area contributed by atoms with Gasteiger partial charge in [0.2, 0.25) is 17.8 Å². The highest BCUT2D eigenvalue weighted by Crippen LogP contribution is 2.45. The zero-order chi connectivity index (χ0) is 41.5. The number of azo groups is 1. The molecule has 21 nitrogen and oxygen atoms in total. The molecule has 0 saturated heterocycles. The molecule has 0 aliphatic carbocycles. The molecule has 1 aromatic heterocycles. The minimum absolute atomic E-state index is 0.134. The van der Waals surface area contributed by atoms with E-state index in [2.05, 4.69) is 42.4 Å². The predicted octanol–water partition coefficient (Wildman–Crippen LogP) is 4.41. The first-order valence-electron chi connectivity index (χ1n) is 14.9. The van der Waals surface area contributed by atoms with Gasteiger partial charge in [-0.05, 0) is 60.0 Å². The zero-order valence-corrected chi connectivity index (χ0v) is 31.5.